The predicted octanol–water partition coefficient (Wildman–Crippen LogP) is 12.0. The third kappa shape index (κ3) is 4.13. The second-order valence-electron chi connectivity index (χ2n) is 11.2. The fraction of sp³-hybridized carbons (Fsp3) is 0. The van der Waals surface area contributed by atoms with Crippen LogP contribution in [0.4, 0.5) is 0 Å². The Balaban J connectivity index is 1.10. The minimum atomic E-state index is 0.643. The zero-order valence-electron chi connectivity index (χ0n) is 23.7. The Morgan fingerprint density at radius 2 is 1.02 bits per heavy atom. The molecule has 9 aromatic rings. The molecule has 0 bridgehead atoms. The highest BCUT2D eigenvalue weighted by molar-refractivity contribution is 7.25. The Labute approximate surface area is 258 Å². The summed E-state index contributed by atoms with van der Waals surface area (Å²) in [5.74, 6) is 0.643. The van der Waals surface area contributed by atoms with Gasteiger partial charge in [-0.15, -0.1) is 11.3 Å². The summed E-state index contributed by atoms with van der Waals surface area (Å²) >= 11 is 1.86. The fourth-order valence-corrected chi connectivity index (χ4v) is 7.45. The van der Waals surface area contributed by atoms with Crippen LogP contribution in [0.5, 0.6) is 0 Å². The first kappa shape index (κ1) is 25.0. The van der Waals surface area contributed by atoms with E-state index in [4.69, 9.17) is 4.42 Å². The summed E-state index contributed by atoms with van der Waals surface area (Å²) in [6.07, 6.45) is 0. The van der Waals surface area contributed by atoms with Gasteiger partial charge in [-0.25, -0.2) is 4.98 Å². The molecule has 2 heterocycles. The van der Waals surface area contributed by atoms with Crippen molar-refractivity contribution in [2.24, 2.45) is 0 Å². The molecule has 0 atom stereocenters. The average molecular weight is 580 g/mol. The summed E-state index contributed by atoms with van der Waals surface area (Å²) in [4.78, 5) is 4.67. The van der Waals surface area contributed by atoms with Crippen LogP contribution in [-0.4, -0.2) is 4.98 Å². The Kier molecular flexibility index (Phi) is 5.71. The molecule has 44 heavy (non-hydrogen) atoms. The van der Waals surface area contributed by atoms with E-state index in [0.29, 0.717) is 5.89 Å². The van der Waals surface area contributed by atoms with Crippen molar-refractivity contribution in [1.29, 1.82) is 0 Å². The minimum absolute atomic E-state index is 0.643. The van der Waals surface area contributed by atoms with E-state index in [2.05, 4.69) is 132 Å². The first-order valence-corrected chi connectivity index (χ1v) is 15.6. The van der Waals surface area contributed by atoms with E-state index in [1.807, 2.05) is 35.6 Å². The summed E-state index contributed by atoms with van der Waals surface area (Å²) in [5.41, 5.74) is 9.93. The maximum Gasteiger partial charge on any atom is 0.227 e. The highest BCUT2D eigenvalue weighted by Crippen LogP contribution is 2.39. The Hall–Kier alpha value is -5.51. The Morgan fingerprint density at radius 1 is 0.409 bits per heavy atom. The standard InChI is InChI=1S/C41H25NOS/c1-2-11-34-32(30-9-7-8-28(24-30)29-20-23-40-36(25-29)35-12-3-6-15-39(35)44-40)22-21-31(33(34)10-1)26-16-18-27(19-17-26)41-42-37-13-4-5-14-38(37)43-41/h1-25H. The zero-order valence-corrected chi connectivity index (χ0v) is 24.5. The van der Waals surface area contributed by atoms with E-state index in [9.17, 15) is 0 Å². The van der Waals surface area contributed by atoms with Crippen LogP contribution in [-0.2, 0) is 0 Å². The van der Waals surface area contributed by atoms with E-state index in [1.165, 1.54) is 58.8 Å². The van der Waals surface area contributed by atoms with Crippen LogP contribution in [0.25, 0.3) is 86.9 Å². The van der Waals surface area contributed by atoms with Crippen molar-refractivity contribution in [3.05, 3.63) is 152 Å². The first-order chi connectivity index (χ1) is 21.8. The third-order valence-corrected chi connectivity index (χ3v) is 9.70. The lowest BCUT2D eigenvalue weighted by Gasteiger charge is -2.13. The molecule has 0 aliphatic heterocycles. The summed E-state index contributed by atoms with van der Waals surface area (Å²) in [6.45, 7) is 0. The smallest absolute Gasteiger partial charge is 0.227 e. The third-order valence-electron chi connectivity index (χ3n) is 8.54. The average Bonchev–Trinajstić information content (AvgIpc) is 3.69. The van der Waals surface area contributed by atoms with Crippen LogP contribution in [0.2, 0.25) is 0 Å². The molecular weight excluding hydrogens is 555 g/mol. The van der Waals surface area contributed by atoms with Crippen molar-refractivity contribution in [2.75, 3.05) is 0 Å². The van der Waals surface area contributed by atoms with E-state index in [1.54, 1.807) is 0 Å². The number of rotatable bonds is 4. The van der Waals surface area contributed by atoms with Gasteiger partial charge < -0.3 is 4.42 Å². The molecule has 0 aliphatic carbocycles. The molecule has 2 nitrogen and oxygen atoms in total. The lowest BCUT2D eigenvalue weighted by Crippen LogP contribution is -1.87. The number of oxazole rings is 1. The van der Waals surface area contributed by atoms with Gasteiger partial charge >= 0.3 is 0 Å². The van der Waals surface area contributed by atoms with Gasteiger partial charge in [-0.2, -0.15) is 0 Å². The number of para-hydroxylation sites is 2. The van der Waals surface area contributed by atoms with Gasteiger partial charge in [0.15, 0.2) is 5.58 Å². The van der Waals surface area contributed by atoms with Gasteiger partial charge in [0.05, 0.1) is 0 Å². The molecule has 0 unspecified atom stereocenters. The SMILES string of the molecule is c1cc(-c2ccc3sc4ccccc4c3c2)cc(-c2ccc(-c3ccc(-c4nc5ccccc5o4)cc3)c3ccccc23)c1. The normalized spacial score (nSPS) is 11.6. The Bertz CT molecular complexity index is 2470. The number of fused-ring (bicyclic) bond motifs is 5. The van der Waals surface area contributed by atoms with Gasteiger partial charge in [-0.3, -0.25) is 0 Å². The maximum absolute atomic E-state index is 6.00. The van der Waals surface area contributed by atoms with Crippen molar-refractivity contribution in [3.8, 4) is 44.8 Å². The molecule has 7 aromatic carbocycles. The fourth-order valence-electron chi connectivity index (χ4n) is 6.36. The van der Waals surface area contributed by atoms with Gasteiger partial charge in [0, 0.05) is 25.7 Å². The summed E-state index contributed by atoms with van der Waals surface area (Å²) in [6, 6.07) is 54.1. The number of hydrogen-bond acceptors (Lipinski definition) is 3. The molecule has 0 N–H and O–H groups in total. The molecule has 0 radical (unpaired) electrons. The minimum Gasteiger partial charge on any atom is -0.436 e. The lowest BCUT2D eigenvalue weighted by atomic mass is 9.90. The zero-order chi connectivity index (χ0) is 29.0. The Morgan fingerprint density at radius 3 is 1.84 bits per heavy atom. The van der Waals surface area contributed by atoms with Crippen LogP contribution >= 0.6 is 11.3 Å². The van der Waals surface area contributed by atoms with Gasteiger partial charge in [-0.05, 0) is 92.7 Å². The topological polar surface area (TPSA) is 26.0 Å². The molecular formula is C41H25NOS. The number of hydrogen-bond donors (Lipinski definition) is 0. The van der Waals surface area contributed by atoms with Gasteiger partial charge in [0.2, 0.25) is 5.89 Å². The molecule has 0 aliphatic rings. The molecule has 206 valence electrons. The first-order valence-electron chi connectivity index (χ1n) is 14.8. The lowest BCUT2D eigenvalue weighted by molar-refractivity contribution is 0.620. The molecule has 0 amide bonds. The second-order valence-corrected chi connectivity index (χ2v) is 12.2. The van der Waals surface area contributed by atoms with Gasteiger partial charge in [-0.1, -0.05) is 103 Å². The van der Waals surface area contributed by atoms with Gasteiger partial charge in [0.25, 0.3) is 0 Å². The largest absolute Gasteiger partial charge is 0.436 e. The maximum atomic E-state index is 6.00. The molecule has 0 spiro atoms. The van der Waals surface area contributed by atoms with Crippen molar-refractivity contribution in [1.82, 2.24) is 4.98 Å². The van der Waals surface area contributed by atoms with E-state index in [0.717, 1.165) is 22.2 Å². The molecule has 3 heteroatoms. The quantitative estimate of drug-likeness (QED) is 0.207. The number of nitrogens with zero attached hydrogens (tertiary/aromatic N) is 1. The van der Waals surface area contributed by atoms with E-state index >= 15 is 0 Å². The molecule has 0 saturated heterocycles. The highest BCUT2D eigenvalue weighted by atomic mass is 32.1. The van der Waals surface area contributed by atoms with Crippen molar-refractivity contribution < 1.29 is 4.42 Å². The second kappa shape index (κ2) is 10.0. The van der Waals surface area contributed by atoms with E-state index < -0.39 is 0 Å². The van der Waals surface area contributed by atoms with Crippen LogP contribution in [0, 0.1) is 0 Å². The van der Waals surface area contributed by atoms with Gasteiger partial charge in [0.1, 0.15) is 5.52 Å². The summed E-state index contributed by atoms with van der Waals surface area (Å²) in [5, 5.41) is 5.13. The monoisotopic (exact) mass is 579 g/mol. The van der Waals surface area contributed by atoms with Crippen LogP contribution in [0.15, 0.2) is 156 Å². The van der Waals surface area contributed by atoms with Crippen LogP contribution < -0.4 is 0 Å². The summed E-state index contributed by atoms with van der Waals surface area (Å²) in [7, 11) is 0. The van der Waals surface area contributed by atoms with Crippen molar-refractivity contribution in [3.63, 3.8) is 0 Å². The van der Waals surface area contributed by atoms with E-state index in [-0.39, 0.29) is 0 Å². The molecule has 0 fully saturated rings. The summed E-state index contributed by atoms with van der Waals surface area (Å²) < 4.78 is 8.66. The molecule has 2 aromatic heterocycles. The number of benzene rings is 7. The predicted molar refractivity (Wildman–Crippen MR) is 186 cm³/mol. The molecule has 0 saturated carbocycles. The molecule has 9 rings (SSSR count). The number of aromatic nitrogens is 1. The van der Waals surface area contributed by atoms with Crippen molar-refractivity contribution in [2.45, 2.75) is 0 Å². The van der Waals surface area contributed by atoms with Crippen molar-refractivity contribution >= 4 is 53.4 Å². The highest BCUT2D eigenvalue weighted by Gasteiger charge is 2.13. The van der Waals surface area contributed by atoms with Crippen LogP contribution in [0.1, 0.15) is 0 Å². The van der Waals surface area contributed by atoms with Crippen LogP contribution in [0.3, 0.4) is 0 Å². The number of thiophene rings is 1.